The molecule has 2 nitrogen and oxygen atoms in total. The fourth-order valence-electron chi connectivity index (χ4n) is 1.64. The average molecular weight is 260 g/mol. The van der Waals surface area contributed by atoms with Gasteiger partial charge in [-0.15, -0.1) is 0 Å². The van der Waals surface area contributed by atoms with E-state index in [9.17, 15) is 13.2 Å². The highest BCUT2D eigenvalue weighted by atomic mass is 19.4. The molecule has 1 N–H and O–H groups in total. The summed E-state index contributed by atoms with van der Waals surface area (Å²) in [5.74, 6) is 0. The van der Waals surface area contributed by atoms with E-state index >= 15 is 0 Å². The standard InChI is InChI=1S/C13H19F3N2/c1-3-17-8-9-18(2)10-11-4-6-12(7-5-11)13(14,15)16/h4-7,17H,3,8-10H2,1-2H3. The van der Waals surface area contributed by atoms with E-state index in [1.165, 1.54) is 12.1 Å². The molecule has 0 fully saturated rings. The summed E-state index contributed by atoms with van der Waals surface area (Å²) in [6, 6.07) is 5.33. The highest BCUT2D eigenvalue weighted by Gasteiger charge is 2.29. The number of halogens is 3. The van der Waals surface area contributed by atoms with Crippen molar-refractivity contribution >= 4 is 0 Å². The molecule has 0 saturated heterocycles. The molecule has 18 heavy (non-hydrogen) atoms. The monoisotopic (exact) mass is 260 g/mol. The lowest BCUT2D eigenvalue weighted by Crippen LogP contribution is -2.28. The van der Waals surface area contributed by atoms with E-state index in [1.807, 2.05) is 14.0 Å². The molecule has 0 atom stereocenters. The van der Waals surface area contributed by atoms with Crippen molar-refractivity contribution in [1.82, 2.24) is 10.2 Å². The molecule has 0 aliphatic carbocycles. The number of likely N-dealkylation sites (N-methyl/N-ethyl adjacent to an activating group) is 2. The van der Waals surface area contributed by atoms with E-state index in [2.05, 4.69) is 10.2 Å². The Bertz CT molecular complexity index is 346. The fraction of sp³-hybridized carbons (Fsp3) is 0.538. The molecule has 0 aromatic heterocycles. The lowest BCUT2D eigenvalue weighted by molar-refractivity contribution is -0.137. The molecule has 1 rings (SSSR count). The summed E-state index contributed by atoms with van der Waals surface area (Å²) in [5.41, 5.74) is 0.295. The third-order valence-electron chi connectivity index (χ3n) is 2.65. The zero-order valence-electron chi connectivity index (χ0n) is 10.7. The maximum atomic E-state index is 12.4. The van der Waals surface area contributed by atoms with Crippen LogP contribution in [-0.2, 0) is 12.7 Å². The van der Waals surface area contributed by atoms with Crippen LogP contribution in [0.15, 0.2) is 24.3 Å². The molecule has 5 heteroatoms. The Kier molecular flexibility index (Phi) is 5.62. The van der Waals surface area contributed by atoms with Crippen molar-refractivity contribution in [1.29, 1.82) is 0 Å². The maximum absolute atomic E-state index is 12.4. The van der Waals surface area contributed by atoms with Crippen LogP contribution in [0.3, 0.4) is 0 Å². The smallest absolute Gasteiger partial charge is 0.316 e. The van der Waals surface area contributed by atoms with Crippen molar-refractivity contribution in [2.45, 2.75) is 19.6 Å². The van der Waals surface area contributed by atoms with Gasteiger partial charge in [-0.25, -0.2) is 0 Å². The van der Waals surface area contributed by atoms with Crippen LogP contribution in [0.25, 0.3) is 0 Å². The molecule has 1 aromatic rings. The molecule has 0 spiro atoms. The second kappa shape index (κ2) is 6.75. The Morgan fingerprint density at radius 1 is 1.17 bits per heavy atom. The van der Waals surface area contributed by atoms with Crippen molar-refractivity contribution in [2.24, 2.45) is 0 Å². The zero-order chi connectivity index (χ0) is 13.6. The molecule has 1 aromatic carbocycles. The van der Waals surface area contributed by atoms with E-state index in [-0.39, 0.29) is 0 Å². The SMILES string of the molecule is CCNCCN(C)Cc1ccc(C(F)(F)F)cc1. The second-order valence-electron chi connectivity index (χ2n) is 4.29. The number of hydrogen-bond donors (Lipinski definition) is 1. The van der Waals surface area contributed by atoms with Gasteiger partial charge >= 0.3 is 6.18 Å². The Balaban J connectivity index is 2.48. The van der Waals surface area contributed by atoms with E-state index in [1.54, 1.807) is 0 Å². The summed E-state index contributed by atoms with van der Waals surface area (Å²) in [4.78, 5) is 2.07. The molecule has 0 aliphatic rings. The van der Waals surface area contributed by atoms with Crippen LogP contribution < -0.4 is 5.32 Å². The predicted octanol–water partition coefficient (Wildman–Crippen LogP) is 2.75. The molecular weight excluding hydrogens is 241 g/mol. The number of rotatable bonds is 6. The minimum absolute atomic E-state index is 0.596. The van der Waals surface area contributed by atoms with Gasteiger partial charge in [0.05, 0.1) is 5.56 Å². The molecule has 0 heterocycles. The maximum Gasteiger partial charge on any atom is 0.416 e. The van der Waals surface area contributed by atoms with Gasteiger partial charge in [-0.2, -0.15) is 13.2 Å². The molecule has 0 aliphatic heterocycles. The first-order chi connectivity index (χ1) is 8.43. The van der Waals surface area contributed by atoms with Crippen LogP contribution in [0.5, 0.6) is 0 Å². The van der Waals surface area contributed by atoms with Crippen LogP contribution in [0.4, 0.5) is 13.2 Å². The number of nitrogens with zero attached hydrogens (tertiary/aromatic N) is 1. The van der Waals surface area contributed by atoms with Crippen LogP contribution in [0, 0.1) is 0 Å². The first-order valence-electron chi connectivity index (χ1n) is 5.99. The minimum atomic E-state index is -4.25. The number of nitrogens with one attached hydrogen (secondary N) is 1. The van der Waals surface area contributed by atoms with Gasteiger partial charge in [0.1, 0.15) is 0 Å². The number of hydrogen-bond acceptors (Lipinski definition) is 2. The third-order valence-corrected chi connectivity index (χ3v) is 2.65. The van der Waals surface area contributed by atoms with E-state index in [0.29, 0.717) is 6.54 Å². The van der Waals surface area contributed by atoms with Gasteiger partial charge in [-0.05, 0) is 31.3 Å². The normalized spacial score (nSPS) is 12.1. The lowest BCUT2D eigenvalue weighted by Gasteiger charge is -2.17. The van der Waals surface area contributed by atoms with E-state index in [0.717, 1.165) is 37.3 Å². The minimum Gasteiger partial charge on any atom is -0.316 e. The van der Waals surface area contributed by atoms with Crippen molar-refractivity contribution < 1.29 is 13.2 Å². The first kappa shape index (κ1) is 15.0. The largest absolute Gasteiger partial charge is 0.416 e. The molecular formula is C13H19F3N2. The summed E-state index contributed by atoms with van der Waals surface area (Å²) >= 11 is 0. The van der Waals surface area contributed by atoms with E-state index in [4.69, 9.17) is 0 Å². The zero-order valence-corrected chi connectivity index (χ0v) is 10.7. The van der Waals surface area contributed by atoms with Crippen molar-refractivity contribution in [3.05, 3.63) is 35.4 Å². The van der Waals surface area contributed by atoms with Gasteiger partial charge in [-0.1, -0.05) is 19.1 Å². The molecule has 102 valence electrons. The van der Waals surface area contributed by atoms with Crippen LogP contribution in [0.1, 0.15) is 18.1 Å². The molecule has 0 radical (unpaired) electrons. The van der Waals surface area contributed by atoms with Gasteiger partial charge in [0.2, 0.25) is 0 Å². The highest BCUT2D eigenvalue weighted by Crippen LogP contribution is 2.29. The summed E-state index contributed by atoms with van der Waals surface area (Å²) in [5, 5.41) is 3.20. The van der Waals surface area contributed by atoms with Crippen molar-refractivity contribution in [3.63, 3.8) is 0 Å². The second-order valence-corrected chi connectivity index (χ2v) is 4.29. The molecule has 0 bridgehead atoms. The summed E-state index contributed by atoms with van der Waals surface area (Å²) in [7, 11) is 1.95. The van der Waals surface area contributed by atoms with E-state index < -0.39 is 11.7 Å². The number of benzene rings is 1. The Labute approximate surface area is 106 Å². The van der Waals surface area contributed by atoms with Gasteiger partial charge < -0.3 is 10.2 Å². The Morgan fingerprint density at radius 2 is 1.78 bits per heavy atom. The van der Waals surface area contributed by atoms with Crippen LogP contribution in [-0.4, -0.2) is 31.6 Å². The Morgan fingerprint density at radius 3 is 2.28 bits per heavy atom. The lowest BCUT2D eigenvalue weighted by atomic mass is 10.1. The van der Waals surface area contributed by atoms with Gasteiger partial charge in [0, 0.05) is 19.6 Å². The Hall–Kier alpha value is -1.07. The van der Waals surface area contributed by atoms with Crippen molar-refractivity contribution in [3.8, 4) is 0 Å². The van der Waals surface area contributed by atoms with Crippen molar-refractivity contribution in [2.75, 3.05) is 26.7 Å². The summed E-state index contributed by atoms with van der Waals surface area (Å²) in [6.07, 6.45) is -4.25. The average Bonchev–Trinajstić information content (AvgIpc) is 2.29. The summed E-state index contributed by atoms with van der Waals surface area (Å²) < 4.78 is 37.1. The molecule has 0 saturated carbocycles. The van der Waals surface area contributed by atoms with Gasteiger partial charge in [-0.3, -0.25) is 0 Å². The molecule has 0 unspecified atom stereocenters. The predicted molar refractivity (Wildman–Crippen MR) is 66.3 cm³/mol. The summed E-state index contributed by atoms with van der Waals surface area (Å²) in [6.45, 7) is 5.37. The topological polar surface area (TPSA) is 15.3 Å². The quantitative estimate of drug-likeness (QED) is 0.791. The third kappa shape index (κ3) is 5.06. The van der Waals surface area contributed by atoms with Crippen LogP contribution in [0.2, 0.25) is 0 Å². The van der Waals surface area contributed by atoms with Gasteiger partial charge in [0.25, 0.3) is 0 Å². The fourth-order valence-corrected chi connectivity index (χ4v) is 1.64. The van der Waals surface area contributed by atoms with Gasteiger partial charge in [0.15, 0.2) is 0 Å². The number of alkyl halides is 3. The van der Waals surface area contributed by atoms with Crippen LogP contribution >= 0.6 is 0 Å². The molecule has 0 amide bonds. The highest BCUT2D eigenvalue weighted by molar-refractivity contribution is 5.24. The first-order valence-corrected chi connectivity index (χ1v) is 5.99.